The largest absolute Gasteiger partial charge is 0.270 e. The minimum Gasteiger partial charge on any atom is -0.268 e. The predicted molar refractivity (Wildman–Crippen MR) is 105 cm³/mol. The number of anilines is 1. The van der Waals surface area contributed by atoms with Crippen LogP contribution in [0.3, 0.4) is 0 Å². The Morgan fingerprint density at radius 2 is 1.84 bits per heavy atom. The zero-order valence-electron chi connectivity index (χ0n) is 12.3. The van der Waals surface area contributed by atoms with Crippen molar-refractivity contribution in [2.45, 2.75) is 0 Å². The first kappa shape index (κ1) is 17.9. The summed E-state index contributed by atoms with van der Waals surface area (Å²) in [5.41, 5.74) is 0.872. The maximum absolute atomic E-state index is 12.7. The number of hydrogen-bond donors (Lipinski definition) is 0. The zero-order valence-corrected chi connectivity index (χ0v) is 15.5. The van der Waals surface area contributed by atoms with E-state index in [2.05, 4.69) is 0 Å². The average molecular weight is 411 g/mol. The van der Waals surface area contributed by atoms with Crippen LogP contribution in [0.5, 0.6) is 0 Å². The fourth-order valence-corrected chi connectivity index (χ4v) is 3.77. The van der Waals surface area contributed by atoms with Crippen LogP contribution in [-0.2, 0) is 4.79 Å². The fourth-order valence-electron chi connectivity index (χ4n) is 2.18. The lowest BCUT2D eigenvalue weighted by Crippen LogP contribution is -2.27. The number of halogens is 2. The van der Waals surface area contributed by atoms with Gasteiger partial charge in [-0.1, -0.05) is 47.2 Å². The molecule has 9 heteroatoms. The number of nitro groups is 1. The van der Waals surface area contributed by atoms with Crippen LogP contribution in [0.1, 0.15) is 5.56 Å². The SMILES string of the molecule is O=C1/C(=C\c2cc([N+](=O)[O-])ccc2Cl)SC(=S)N1c1ccc(Cl)cc1. The molecule has 1 aliphatic heterocycles. The zero-order chi connectivity index (χ0) is 18.1. The lowest BCUT2D eigenvalue weighted by molar-refractivity contribution is -0.384. The number of nitrogens with zero attached hydrogens (tertiary/aromatic N) is 2. The van der Waals surface area contributed by atoms with Gasteiger partial charge in [-0.05, 0) is 36.4 Å². The summed E-state index contributed by atoms with van der Waals surface area (Å²) in [6.07, 6.45) is 1.50. The van der Waals surface area contributed by atoms with Gasteiger partial charge in [0.25, 0.3) is 11.6 Å². The average Bonchev–Trinajstić information content (AvgIpc) is 2.84. The van der Waals surface area contributed by atoms with Gasteiger partial charge >= 0.3 is 0 Å². The Labute approximate surface area is 162 Å². The number of non-ortho nitro benzene ring substituents is 1. The molecule has 0 unspecified atom stereocenters. The molecule has 2 aromatic rings. The third-order valence-corrected chi connectivity index (χ3v) is 5.25. The van der Waals surface area contributed by atoms with Crippen molar-refractivity contribution < 1.29 is 9.72 Å². The van der Waals surface area contributed by atoms with Gasteiger partial charge in [0.1, 0.15) is 0 Å². The van der Waals surface area contributed by atoms with Gasteiger partial charge in [-0.25, -0.2) is 0 Å². The van der Waals surface area contributed by atoms with Gasteiger partial charge in [0, 0.05) is 27.7 Å². The van der Waals surface area contributed by atoms with E-state index >= 15 is 0 Å². The van der Waals surface area contributed by atoms with Crippen LogP contribution in [0.15, 0.2) is 47.4 Å². The van der Waals surface area contributed by atoms with Crippen LogP contribution in [0, 0.1) is 10.1 Å². The molecule has 0 bridgehead atoms. The maximum Gasteiger partial charge on any atom is 0.270 e. The molecule has 1 heterocycles. The Bertz CT molecular complexity index is 929. The smallest absolute Gasteiger partial charge is 0.268 e. The van der Waals surface area contributed by atoms with E-state index in [0.29, 0.717) is 30.5 Å². The van der Waals surface area contributed by atoms with Gasteiger partial charge in [-0.15, -0.1) is 0 Å². The first-order chi connectivity index (χ1) is 11.9. The molecule has 3 rings (SSSR count). The number of carbonyl (C=O) groups is 1. The molecule has 5 nitrogen and oxygen atoms in total. The second-order valence-corrected chi connectivity index (χ2v) is 7.48. The van der Waals surface area contributed by atoms with Gasteiger partial charge in [-0.2, -0.15) is 0 Å². The number of carbonyl (C=O) groups excluding carboxylic acids is 1. The van der Waals surface area contributed by atoms with E-state index in [1.165, 1.54) is 29.2 Å². The van der Waals surface area contributed by atoms with E-state index in [9.17, 15) is 14.9 Å². The number of thiocarbonyl (C=S) groups is 1. The normalized spacial score (nSPS) is 15.9. The predicted octanol–water partition coefficient (Wildman–Crippen LogP) is 5.31. The van der Waals surface area contributed by atoms with Crippen molar-refractivity contribution in [2.24, 2.45) is 0 Å². The van der Waals surface area contributed by atoms with Crippen LogP contribution in [0.2, 0.25) is 10.0 Å². The van der Waals surface area contributed by atoms with Crippen molar-refractivity contribution in [3.63, 3.8) is 0 Å². The lowest BCUT2D eigenvalue weighted by atomic mass is 10.2. The van der Waals surface area contributed by atoms with E-state index in [1.54, 1.807) is 24.3 Å². The standard InChI is InChI=1S/C16H8Cl2N2O3S2/c17-10-1-3-11(4-2-10)19-15(21)14(25-16(19)24)8-9-7-12(20(22)23)5-6-13(9)18/h1-8H/b14-8+. The van der Waals surface area contributed by atoms with Gasteiger partial charge in [0.2, 0.25) is 0 Å². The molecule has 0 N–H and O–H groups in total. The molecule has 0 aliphatic carbocycles. The van der Waals surface area contributed by atoms with Crippen LogP contribution in [0.4, 0.5) is 11.4 Å². The quantitative estimate of drug-likeness (QED) is 0.297. The van der Waals surface area contributed by atoms with Crippen molar-refractivity contribution in [2.75, 3.05) is 4.90 Å². The highest BCUT2D eigenvalue weighted by Gasteiger charge is 2.33. The third-order valence-electron chi connectivity index (χ3n) is 3.36. The van der Waals surface area contributed by atoms with Crippen LogP contribution < -0.4 is 4.90 Å². The number of rotatable bonds is 3. The maximum atomic E-state index is 12.7. The van der Waals surface area contributed by atoms with E-state index in [4.69, 9.17) is 35.4 Å². The summed E-state index contributed by atoms with van der Waals surface area (Å²) in [6, 6.07) is 10.8. The topological polar surface area (TPSA) is 63.4 Å². The monoisotopic (exact) mass is 410 g/mol. The first-order valence-electron chi connectivity index (χ1n) is 6.84. The number of benzene rings is 2. The Balaban J connectivity index is 1.97. The van der Waals surface area contributed by atoms with E-state index in [1.807, 2.05) is 0 Å². The van der Waals surface area contributed by atoms with Gasteiger partial charge in [-0.3, -0.25) is 19.8 Å². The Hall–Kier alpha value is -1.93. The number of amides is 1. The minimum absolute atomic E-state index is 0.108. The summed E-state index contributed by atoms with van der Waals surface area (Å²) in [4.78, 5) is 24.8. The summed E-state index contributed by atoms with van der Waals surface area (Å²) in [5.74, 6) is -0.320. The van der Waals surface area contributed by atoms with Crippen molar-refractivity contribution in [3.8, 4) is 0 Å². The molecule has 25 heavy (non-hydrogen) atoms. The van der Waals surface area contributed by atoms with Crippen molar-refractivity contribution in [1.29, 1.82) is 0 Å². The van der Waals surface area contributed by atoms with Crippen LogP contribution in [-0.4, -0.2) is 15.2 Å². The fraction of sp³-hybridized carbons (Fsp3) is 0. The molecule has 1 fully saturated rings. The molecular weight excluding hydrogens is 403 g/mol. The van der Waals surface area contributed by atoms with Gasteiger partial charge < -0.3 is 0 Å². The molecule has 2 aromatic carbocycles. The van der Waals surface area contributed by atoms with Crippen molar-refractivity contribution >= 4 is 74.9 Å². The van der Waals surface area contributed by atoms with E-state index < -0.39 is 4.92 Å². The molecular formula is C16H8Cl2N2O3S2. The highest BCUT2D eigenvalue weighted by molar-refractivity contribution is 8.27. The van der Waals surface area contributed by atoms with Crippen LogP contribution >= 0.6 is 47.2 Å². The molecule has 0 spiro atoms. The highest BCUT2D eigenvalue weighted by atomic mass is 35.5. The lowest BCUT2D eigenvalue weighted by Gasteiger charge is -2.14. The first-order valence-corrected chi connectivity index (χ1v) is 8.82. The molecule has 1 saturated heterocycles. The number of hydrogen-bond acceptors (Lipinski definition) is 5. The molecule has 0 radical (unpaired) electrons. The summed E-state index contributed by atoms with van der Waals surface area (Å²) in [5, 5.41) is 11.8. The van der Waals surface area contributed by atoms with E-state index in [-0.39, 0.29) is 11.6 Å². The van der Waals surface area contributed by atoms with Gasteiger partial charge in [0.15, 0.2) is 4.32 Å². The van der Waals surface area contributed by atoms with Crippen molar-refractivity contribution in [1.82, 2.24) is 0 Å². The van der Waals surface area contributed by atoms with Crippen molar-refractivity contribution in [3.05, 3.63) is 73.1 Å². The summed E-state index contributed by atoms with van der Waals surface area (Å²) >= 11 is 18.3. The Morgan fingerprint density at radius 1 is 1.16 bits per heavy atom. The Morgan fingerprint density at radius 3 is 2.48 bits per heavy atom. The minimum atomic E-state index is -0.521. The molecule has 1 amide bonds. The number of thioether (sulfide) groups is 1. The van der Waals surface area contributed by atoms with Crippen LogP contribution in [0.25, 0.3) is 6.08 Å². The molecule has 0 saturated carbocycles. The summed E-state index contributed by atoms with van der Waals surface area (Å²) in [7, 11) is 0. The Kier molecular flexibility index (Phi) is 5.10. The second-order valence-electron chi connectivity index (χ2n) is 4.96. The molecule has 1 aliphatic rings. The highest BCUT2D eigenvalue weighted by Crippen LogP contribution is 2.37. The molecule has 126 valence electrons. The molecule has 0 aromatic heterocycles. The molecule has 0 atom stereocenters. The third kappa shape index (κ3) is 3.69. The summed E-state index contributed by atoms with van der Waals surface area (Å²) in [6.45, 7) is 0. The summed E-state index contributed by atoms with van der Waals surface area (Å²) < 4.78 is 0.361. The second kappa shape index (κ2) is 7.13. The van der Waals surface area contributed by atoms with E-state index in [0.717, 1.165) is 11.8 Å². The van der Waals surface area contributed by atoms with Gasteiger partial charge in [0.05, 0.1) is 15.5 Å². The number of nitro benzene ring substituents is 1.